The minimum atomic E-state index is 0.442. The molecule has 0 unspecified atom stereocenters. The van der Waals surface area contributed by atoms with Crippen molar-refractivity contribution < 1.29 is 0 Å². The molecule has 0 atom stereocenters. The molecule has 2 aliphatic rings. The van der Waals surface area contributed by atoms with E-state index in [2.05, 4.69) is 52.2 Å². The summed E-state index contributed by atoms with van der Waals surface area (Å²) in [6.45, 7) is 0. The van der Waals surface area contributed by atoms with Crippen LogP contribution in [0.25, 0.3) is 16.6 Å². The quantitative estimate of drug-likeness (QED) is 0.395. The molecule has 0 N–H and O–H groups in total. The number of rotatable bonds is 2. The summed E-state index contributed by atoms with van der Waals surface area (Å²) in [6, 6.07) is 0.442. The van der Waals surface area contributed by atoms with Crippen LogP contribution in [0.5, 0.6) is 0 Å². The average Bonchev–Trinajstić information content (AvgIpc) is 3.25. The van der Waals surface area contributed by atoms with Crippen LogP contribution in [0.3, 0.4) is 0 Å². The molecule has 0 aromatic carbocycles. The molecule has 2 heterocycles. The number of allylic oxidation sites excluding steroid dienone is 12. The first-order chi connectivity index (χ1) is 17.3. The van der Waals surface area contributed by atoms with Crippen molar-refractivity contribution in [3.05, 3.63) is 90.1 Å². The van der Waals surface area contributed by atoms with Crippen LogP contribution in [-0.2, 0) is 0 Å². The van der Waals surface area contributed by atoms with Gasteiger partial charge in [0.1, 0.15) is 17.1 Å². The molecular formula is C31H38ClN3. The van der Waals surface area contributed by atoms with Gasteiger partial charge in [-0.1, -0.05) is 143 Å². The lowest BCUT2D eigenvalue weighted by Gasteiger charge is -2.20. The van der Waals surface area contributed by atoms with Crippen LogP contribution in [0.1, 0.15) is 88.7 Å². The number of halogens is 1. The number of fused-ring (bicyclic) bond motifs is 1. The molecule has 2 aliphatic carbocycles. The first-order valence-corrected chi connectivity index (χ1v) is 13.8. The summed E-state index contributed by atoms with van der Waals surface area (Å²) in [6.07, 6.45) is 42.5. The monoisotopic (exact) mass is 487 g/mol. The molecule has 0 bridgehead atoms. The van der Waals surface area contributed by atoms with Crippen molar-refractivity contribution in [2.24, 2.45) is 0 Å². The van der Waals surface area contributed by atoms with Gasteiger partial charge in [-0.25, -0.2) is 9.97 Å². The average molecular weight is 488 g/mol. The van der Waals surface area contributed by atoms with Gasteiger partial charge in [-0.05, 0) is 18.4 Å². The van der Waals surface area contributed by atoms with Crippen molar-refractivity contribution in [1.29, 1.82) is 0 Å². The van der Waals surface area contributed by atoms with E-state index in [1.807, 2.05) is 30.4 Å². The smallest absolute Gasteiger partial charge is 0.145 e. The third-order valence-electron chi connectivity index (χ3n) is 7.03. The second-order valence-electron chi connectivity index (χ2n) is 9.60. The van der Waals surface area contributed by atoms with Gasteiger partial charge in [0, 0.05) is 17.8 Å². The van der Waals surface area contributed by atoms with E-state index in [4.69, 9.17) is 16.6 Å². The van der Waals surface area contributed by atoms with Gasteiger partial charge in [0.2, 0.25) is 0 Å². The van der Waals surface area contributed by atoms with Crippen molar-refractivity contribution in [3.8, 4) is 0 Å². The maximum absolute atomic E-state index is 6.71. The minimum absolute atomic E-state index is 0.442. The second kappa shape index (κ2) is 14.0. The Balaban J connectivity index is 1.71. The highest BCUT2D eigenvalue weighted by molar-refractivity contribution is 6.34. The Hall–Kier alpha value is -2.65. The lowest BCUT2D eigenvalue weighted by atomic mass is 10.0. The Labute approximate surface area is 215 Å². The molecule has 0 spiro atoms. The normalized spacial score (nSPS) is 23.1. The third-order valence-corrected chi connectivity index (χ3v) is 7.32. The summed E-state index contributed by atoms with van der Waals surface area (Å²) in [4.78, 5) is 9.10. The van der Waals surface area contributed by atoms with E-state index in [0.717, 1.165) is 22.2 Å². The molecule has 35 heavy (non-hydrogen) atoms. The van der Waals surface area contributed by atoms with Crippen molar-refractivity contribution >= 4 is 28.2 Å². The predicted molar refractivity (Wildman–Crippen MR) is 151 cm³/mol. The van der Waals surface area contributed by atoms with Crippen molar-refractivity contribution in [3.63, 3.8) is 0 Å². The highest BCUT2D eigenvalue weighted by Gasteiger charge is 2.21. The molecule has 0 saturated heterocycles. The van der Waals surface area contributed by atoms with Gasteiger partial charge in [-0.15, -0.1) is 0 Å². The SMILES string of the molecule is Clc1ncnc2c1c(C1=C\C=C/C=C\C=C/C=C\C=C1)cn2C1CCCCCCCCCCCC1. The molecule has 1 fully saturated rings. The molecule has 184 valence electrons. The van der Waals surface area contributed by atoms with Gasteiger partial charge in [-0.2, -0.15) is 0 Å². The molecule has 1 saturated carbocycles. The van der Waals surface area contributed by atoms with Gasteiger partial charge in [0.15, 0.2) is 0 Å². The Kier molecular flexibility index (Phi) is 10.2. The lowest BCUT2D eigenvalue weighted by molar-refractivity contribution is 0.406. The fourth-order valence-corrected chi connectivity index (χ4v) is 5.37. The van der Waals surface area contributed by atoms with E-state index in [0.29, 0.717) is 11.2 Å². The maximum Gasteiger partial charge on any atom is 0.145 e. The molecule has 4 heteroatoms. The lowest BCUT2D eigenvalue weighted by Crippen LogP contribution is -2.09. The Morgan fingerprint density at radius 1 is 0.657 bits per heavy atom. The fraction of sp³-hybridized carbons (Fsp3) is 0.419. The van der Waals surface area contributed by atoms with Gasteiger partial charge in [0.05, 0.1) is 5.39 Å². The summed E-state index contributed by atoms with van der Waals surface area (Å²) in [5.41, 5.74) is 3.16. The highest BCUT2D eigenvalue weighted by Crippen LogP contribution is 2.36. The molecule has 0 amide bonds. The Morgan fingerprint density at radius 3 is 1.83 bits per heavy atom. The van der Waals surface area contributed by atoms with Crippen LogP contribution in [0.2, 0.25) is 5.15 Å². The standard InChI is InChI=1S/C31H38ClN3/c32-30-29-28(26-20-16-12-8-4-3-5-9-13-17-21-26)24-35(31(29)34-25-33-30)27-22-18-14-10-6-1-2-7-11-15-19-23-27/h3-5,8-9,12-13,16-17,20-21,24-25,27H,1-2,6-7,10-11,14-15,18-19,22-23H2/b4-3-,5-3?,8-4?,9-5-,12-8-,13-9?,16-12?,17-13-,20-16?,21-17?,26-20?,26-21?. The van der Waals surface area contributed by atoms with Gasteiger partial charge in [-0.3, -0.25) is 0 Å². The number of hydrogen-bond acceptors (Lipinski definition) is 2. The zero-order valence-electron chi connectivity index (χ0n) is 20.8. The van der Waals surface area contributed by atoms with E-state index in [9.17, 15) is 0 Å². The van der Waals surface area contributed by atoms with E-state index < -0.39 is 0 Å². The van der Waals surface area contributed by atoms with Crippen LogP contribution in [0.15, 0.2) is 79.4 Å². The van der Waals surface area contributed by atoms with Crippen molar-refractivity contribution in [2.45, 2.75) is 83.1 Å². The summed E-state index contributed by atoms with van der Waals surface area (Å²) in [5, 5.41) is 1.48. The highest BCUT2D eigenvalue weighted by atomic mass is 35.5. The summed E-state index contributed by atoms with van der Waals surface area (Å²) in [5.74, 6) is 0. The van der Waals surface area contributed by atoms with Crippen LogP contribution in [0, 0.1) is 0 Å². The second-order valence-corrected chi connectivity index (χ2v) is 9.96. The summed E-state index contributed by atoms with van der Waals surface area (Å²) in [7, 11) is 0. The number of aromatic nitrogens is 3. The molecule has 2 aromatic rings. The molecular weight excluding hydrogens is 450 g/mol. The van der Waals surface area contributed by atoms with Crippen LogP contribution in [-0.4, -0.2) is 14.5 Å². The molecule has 0 radical (unpaired) electrons. The topological polar surface area (TPSA) is 30.7 Å². The van der Waals surface area contributed by atoms with E-state index >= 15 is 0 Å². The third kappa shape index (κ3) is 7.41. The van der Waals surface area contributed by atoms with Crippen LogP contribution in [0.4, 0.5) is 0 Å². The van der Waals surface area contributed by atoms with Crippen LogP contribution >= 0.6 is 11.6 Å². The summed E-state index contributed by atoms with van der Waals surface area (Å²) >= 11 is 6.71. The zero-order chi connectivity index (χ0) is 24.1. The minimum Gasteiger partial charge on any atom is -0.329 e. The number of hydrogen-bond donors (Lipinski definition) is 0. The largest absolute Gasteiger partial charge is 0.329 e. The molecule has 4 rings (SSSR count). The van der Waals surface area contributed by atoms with Crippen molar-refractivity contribution in [2.75, 3.05) is 0 Å². The Bertz CT molecular complexity index is 1120. The maximum atomic E-state index is 6.71. The zero-order valence-corrected chi connectivity index (χ0v) is 21.5. The molecule has 3 nitrogen and oxygen atoms in total. The van der Waals surface area contributed by atoms with Gasteiger partial charge >= 0.3 is 0 Å². The molecule has 2 aromatic heterocycles. The summed E-state index contributed by atoms with van der Waals surface area (Å²) < 4.78 is 2.41. The Morgan fingerprint density at radius 2 is 1.20 bits per heavy atom. The molecule has 0 aliphatic heterocycles. The van der Waals surface area contributed by atoms with Gasteiger partial charge in [0.25, 0.3) is 0 Å². The first-order valence-electron chi connectivity index (χ1n) is 13.4. The van der Waals surface area contributed by atoms with E-state index in [-0.39, 0.29) is 0 Å². The van der Waals surface area contributed by atoms with Crippen molar-refractivity contribution in [1.82, 2.24) is 14.5 Å². The van der Waals surface area contributed by atoms with E-state index in [1.54, 1.807) is 6.33 Å². The fourth-order valence-electron chi connectivity index (χ4n) is 5.14. The van der Waals surface area contributed by atoms with Crippen LogP contribution < -0.4 is 0 Å². The number of nitrogens with zero attached hydrogens (tertiary/aromatic N) is 3. The predicted octanol–water partition coefficient (Wildman–Crippen LogP) is 9.50. The van der Waals surface area contributed by atoms with E-state index in [1.165, 1.54) is 77.0 Å². The van der Waals surface area contributed by atoms with Gasteiger partial charge < -0.3 is 4.57 Å². The first kappa shape index (κ1) is 25.4.